The summed E-state index contributed by atoms with van der Waals surface area (Å²) in [6.45, 7) is 6.42. The molecule has 14 heavy (non-hydrogen) atoms. The minimum atomic E-state index is 0.690. The third kappa shape index (κ3) is 1.28. The number of rotatable bonds is 2. The smallest absolute Gasteiger partial charge is 0.179 e. The van der Waals surface area contributed by atoms with Crippen LogP contribution in [0.15, 0.2) is 24.9 Å². The zero-order valence-electron chi connectivity index (χ0n) is 7.95. The van der Waals surface area contributed by atoms with Crippen molar-refractivity contribution in [1.29, 1.82) is 0 Å². The van der Waals surface area contributed by atoms with Crippen molar-refractivity contribution in [3.8, 4) is 0 Å². The molecule has 2 rings (SSSR count). The van der Waals surface area contributed by atoms with E-state index in [1.165, 1.54) is 0 Å². The highest BCUT2D eigenvalue weighted by Gasteiger charge is 2.05. The summed E-state index contributed by atoms with van der Waals surface area (Å²) in [6, 6.07) is 1.96. The Kier molecular flexibility index (Phi) is 2.21. The molecule has 0 amide bonds. The molecule has 0 aliphatic heterocycles. The molecule has 0 spiro atoms. The van der Waals surface area contributed by atoms with Crippen molar-refractivity contribution < 1.29 is 0 Å². The van der Waals surface area contributed by atoms with Gasteiger partial charge in [0.05, 0.1) is 5.52 Å². The first-order chi connectivity index (χ1) is 6.74. The van der Waals surface area contributed by atoms with Gasteiger partial charge in [0.1, 0.15) is 0 Å². The average molecular weight is 205 g/mol. The number of hydrogen-bond donors (Lipinski definition) is 1. The monoisotopic (exact) mass is 205 g/mol. The number of allylic oxidation sites excluding steroid dienone is 1. The molecule has 72 valence electrons. The van der Waals surface area contributed by atoms with Crippen LogP contribution in [-0.2, 0) is 6.54 Å². The molecule has 0 aliphatic carbocycles. The number of aryl methyl sites for hydroxylation is 1. The minimum absolute atomic E-state index is 0.690. The van der Waals surface area contributed by atoms with E-state index in [4.69, 9.17) is 12.2 Å². The van der Waals surface area contributed by atoms with Crippen LogP contribution in [0.3, 0.4) is 0 Å². The Morgan fingerprint density at radius 1 is 1.71 bits per heavy atom. The van der Waals surface area contributed by atoms with Crippen LogP contribution in [-0.4, -0.2) is 14.5 Å². The Balaban J connectivity index is 2.83. The highest BCUT2D eigenvalue weighted by atomic mass is 32.1. The zero-order valence-corrected chi connectivity index (χ0v) is 8.77. The highest BCUT2D eigenvalue weighted by molar-refractivity contribution is 7.71. The normalized spacial score (nSPS) is 10.6. The van der Waals surface area contributed by atoms with E-state index in [2.05, 4.69) is 16.5 Å². The number of fused-ring (bicyclic) bond motifs is 1. The number of nitrogens with one attached hydrogen (secondary N) is 1. The van der Waals surface area contributed by atoms with Gasteiger partial charge in [-0.05, 0) is 30.8 Å². The van der Waals surface area contributed by atoms with Gasteiger partial charge in [-0.3, -0.25) is 4.57 Å². The van der Waals surface area contributed by atoms with Crippen LogP contribution in [0.5, 0.6) is 0 Å². The second-order valence-corrected chi connectivity index (χ2v) is 3.54. The van der Waals surface area contributed by atoms with Gasteiger partial charge in [0, 0.05) is 12.7 Å². The van der Waals surface area contributed by atoms with E-state index in [1.54, 1.807) is 6.20 Å². The summed E-state index contributed by atoms with van der Waals surface area (Å²) in [4.78, 5) is 7.45. The van der Waals surface area contributed by atoms with E-state index < -0.39 is 0 Å². The first kappa shape index (κ1) is 9.15. The lowest BCUT2D eigenvalue weighted by atomic mass is 10.3. The Labute approximate surface area is 87.1 Å². The van der Waals surface area contributed by atoms with Crippen molar-refractivity contribution in [3.05, 3.63) is 35.3 Å². The van der Waals surface area contributed by atoms with E-state index in [0.717, 1.165) is 16.7 Å². The lowest BCUT2D eigenvalue weighted by molar-refractivity contribution is 0.824. The molecular weight excluding hydrogens is 194 g/mol. The molecule has 0 atom stereocenters. The molecule has 3 nitrogen and oxygen atoms in total. The number of aromatic amines is 1. The maximum absolute atomic E-state index is 5.20. The average Bonchev–Trinajstić information content (AvgIpc) is 2.47. The van der Waals surface area contributed by atoms with Crippen LogP contribution >= 0.6 is 12.2 Å². The summed E-state index contributed by atoms with van der Waals surface area (Å²) in [5.41, 5.74) is 3.07. The molecule has 0 bridgehead atoms. The molecule has 2 aromatic rings. The molecule has 2 aromatic heterocycles. The first-order valence-electron chi connectivity index (χ1n) is 4.39. The number of pyridine rings is 1. The Morgan fingerprint density at radius 3 is 3.21 bits per heavy atom. The third-order valence-electron chi connectivity index (χ3n) is 2.18. The quantitative estimate of drug-likeness (QED) is 0.604. The van der Waals surface area contributed by atoms with E-state index in [-0.39, 0.29) is 0 Å². The van der Waals surface area contributed by atoms with Crippen LogP contribution in [0.1, 0.15) is 5.56 Å². The number of hydrogen-bond acceptors (Lipinski definition) is 2. The van der Waals surface area contributed by atoms with Gasteiger partial charge in [-0.2, -0.15) is 0 Å². The molecule has 2 heterocycles. The van der Waals surface area contributed by atoms with Crippen molar-refractivity contribution >= 4 is 23.4 Å². The van der Waals surface area contributed by atoms with Crippen molar-refractivity contribution in [2.75, 3.05) is 0 Å². The van der Waals surface area contributed by atoms with Gasteiger partial charge in [0.25, 0.3) is 0 Å². The molecule has 0 fully saturated rings. The van der Waals surface area contributed by atoms with Crippen LogP contribution in [0.25, 0.3) is 11.2 Å². The van der Waals surface area contributed by atoms with Gasteiger partial charge in [-0.15, -0.1) is 6.58 Å². The van der Waals surface area contributed by atoms with Gasteiger partial charge >= 0.3 is 0 Å². The van der Waals surface area contributed by atoms with Gasteiger partial charge in [-0.25, -0.2) is 4.98 Å². The first-order valence-corrected chi connectivity index (χ1v) is 4.80. The standard InChI is InChI=1S/C10H11N3S/c1-3-6-13-9-8(12-10(13)14)7(2)4-5-11-9/h3-5H,1,6H2,2H3,(H,12,14). The number of aromatic nitrogens is 3. The largest absolute Gasteiger partial charge is 0.329 e. The summed E-state index contributed by atoms with van der Waals surface area (Å²) < 4.78 is 2.63. The molecule has 1 N–H and O–H groups in total. The van der Waals surface area contributed by atoms with Crippen molar-refractivity contribution in [2.45, 2.75) is 13.5 Å². The van der Waals surface area contributed by atoms with Crippen molar-refractivity contribution in [3.63, 3.8) is 0 Å². The van der Waals surface area contributed by atoms with Crippen molar-refractivity contribution in [1.82, 2.24) is 14.5 Å². The van der Waals surface area contributed by atoms with Gasteiger partial charge in [0.15, 0.2) is 10.4 Å². The Hall–Kier alpha value is -1.42. The fraction of sp³-hybridized carbons (Fsp3) is 0.200. The van der Waals surface area contributed by atoms with Crippen LogP contribution < -0.4 is 0 Å². The second-order valence-electron chi connectivity index (χ2n) is 3.16. The molecule has 0 radical (unpaired) electrons. The summed E-state index contributed by atoms with van der Waals surface area (Å²) >= 11 is 5.20. The molecular formula is C10H11N3S. The van der Waals surface area contributed by atoms with Crippen LogP contribution in [0, 0.1) is 11.7 Å². The van der Waals surface area contributed by atoms with E-state index in [9.17, 15) is 0 Å². The van der Waals surface area contributed by atoms with Crippen molar-refractivity contribution in [2.24, 2.45) is 0 Å². The summed E-state index contributed by atoms with van der Waals surface area (Å²) in [7, 11) is 0. The van der Waals surface area contributed by atoms with E-state index >= 15 is 0 Å². The van der Waals surface area contributed by atoms with Gasteiger partial charge in [0.2, 0.25) is 0 Å². The predicted octanol–water partition coefficient (Wildman–Crippen LogP) is 2.59. The zero-order chi connectivity index (χ0) is 10.1. The molecule has 4 heteroatoms. The van der Waals surface area contributed by atoms with E-state index in [0.29, 0.717) is 11.3 Å². The minimum Gasteiger partial charge on any atom is -0.329 e. The predicted molar refractivity (Wildman–Crippen MR) is 59.9 cm³/mol. The lowest BCUT2D eigenvalue weighted by Crippen LogP contribution is -1.95. The van der Waals surface area contributed by atoms with Crippen LogP contribution in [0.4, 0.5) is 0 Å². The third-order valence-corrected chi connectivity index (χ3v) is 2.51. The molecule has 0 saturated heterocycles. The maximum Gasteiger partial charge on any atom is 0.179 e. The number of nitrogens with zero attached hydrogens (tertiary/aromatic N) is 2. The fourth-order valence-corrected chi connectivity index (χ4v) is 1.74. The Morgan fingerprint density at radius 2 is 2.50 bits per heavy atom. The topological polar surface area (TPSA) is 33.6 Å². The number of H-pyrrole nitrogens is 1. The second kappa shape index (κ2) is 3.38. The Bertz CT molecular complexity index is 536. The van der Waals surface area contributed by atoms with Crippen LogP contribution in [0.2, 0.25) is 0 Å². The highest BCUT2D eigenvalue weighted by Crippen LogP contribution is 2.14. The summed E-state index contributed by atoms with van der Waals surface area (Å²) in [5, 5.41) is 0. The molecule has 0 aliphatic rings. The van der Waals surface area contributed by atoms with E-state index in [1.807, 2.05) is 23.6 Å². The van der Waals surface area contributed by atoms with Gasteiger partial charge in [-0.1, -0.05) is 6.08 Å². The molecule has 0 aromatic carbocycles. The maximum atomic E-state index is 5.20. The molecule has 0 saturated carbocycles. The molecule has 0 unspecified atom stereocenters. The SMILES string of the molecule is C=CCn1c(=S)[nH]c2c(C)ccnc21. The summed E-state index contributed by atoms with van der Waals surface area (Å²) in [6.07, 6.45) is 3.60. The van der Waals surface area contributed by atoms with Gasteiger partial charge < -0.3 is 4.98 Å². The lowest BCUT2D eigenvalue weighted by Gasteiger charge is -1.98. The summed E-state index contributed by atoms with van der Waals surface area (Å²) in [5.74, 6) is 0. The fourth-order valence-electron chi connectivity index (χ4n) is 1.47. The number of imidazole rings is 1.